The third-order valence-corrected chi connectivity index (χ3v) is 18.8. The van der Waals surface area contributed by atoms with Gasteiger partial charge in [-0.25, -0.2) is 0 Å². The zero-order valence-electron chi connectivity index (χ0n) is 63.6. The number of aliphatic hydroxyl groups is 1. The van der Waals surface area contributed by atoms with Crippen LogP contribution in [0.2, 0.25) is 5.02 Å². The predicted octanol–water partition coefficient (Wildman–Crippen LogP) is 1.09. The van der Waals surface area contributed by atoms with E-state index in [4.69, 9.17) is 28.5 Å². The lowest BCUT2D eigenvalue weighted by Crippen LogP contribution is -2.61. The van der Waals surface area contributed by atoms with Crippen LogP contribution in [0, 0.1) is 11.3 Å². The second-order valence-corrected chi connectivity index (χ2v) is 28.4. The fourth-order valence-electron chi connectivity index (χ4n) is 12.6. The third-order valence-electron chi connectivity index (χ3n) is 18.6. The van der Waals surface area contributed by atoms with Crippen molar-refractivity contribution in [3.63, 3.8) is 0 Å². The molecule has 13 amide bonds. The van der Waals surface area contributed by atoms with E-state index in [1.165, 1.54) is 55.7 Å². The van der Waals surface area contributed by atoms with Crippen molar-refractivity contribution in [2.75, 3.05) is 32.8 Å². The molecule has 10 atom stereocenters. The molecule has 33 nitrogen and oxygen atoms in total. The molecule has 7 rings (SSSR count). The van der Waals surface area contributed by atoms with Gasteiger partial charge in [-0.2, -0.15) is 0 Å². The predicted molar refractivity (Wildman–Crippen MR) is 420 cm³/mol. The number of unbranched alkanes of at least 4 members (excludes halogenated alkanes) is 2. The standard InChI is InChI=1S/C79H102ClN19O14/c1-47(2)40-61(72(107)94-60(25-16-38-89-79(82)83)78(113)99-39-17-26-66(99)77(112)90-48(3)67(81)102)95-71(106)59(24-10-14-37-88-69(104)57-22-8-12-35-86-57)92-70(105)58(23-9-13-36-87-68(103)56-21-7-11-34-85-56)93-76(111)65(46-100)98-75(110)64(44-52-18-15-33-84-45-52)97-74(109)63(42-50-28-31-55(80)32-29-50)96-73(108)62(91-49(4)101)43-51-27-30-53-19-5-6-20-54(53)41-51/h5-8,11-12,15,18-22,27-35,41,45,47-48,58-66,100H,9-10,13-14,16-17,23-26,36-40,42-44,46H2,1-4H3,(H2,81,102)(H,87,103)(H,88,104)(H,90,112)(H,91,101)(H,92,105)(H,93,111)(H,94,107)(H,95,106)(H,96,108)(H,97,109)(H,98,110)(H4,82,83,89)/t48-,58+,59-,60+,61+,62-,63-,64-,65+,66+/m1/s1. The van der Waals surface area contributed by atoms with Gasteiger partial charge in [0.05, 0.1) is 6.61 Å². The van der Waals surface area contributed by atoms with Crippen molar-refractivity contribution >= 4 is 105 Å². The lowest BCUT2D eigenvalue weighted by Gasteiger charge is -2.31. The van der Waals surface area contributed by atoms with Crippen LogP contribution in [0.5, 0.6) is 0 Å². The minimum absolute atomic E-state index is 0.0187. The Hall–Kier alpha value is -12.0. The van der Waals surface area contributed by atoms with Crippen LogP contribution in [0.3, 0.4) is 0 Å². The summed E-state index contributed by atoms with van der Waals surface area (Å²) in [5.41, 5.74) is 12.9. The monoisotopic (exact) mass is 1580 g/mol. The van der Waals surface area contributed by atoms with E-state index in [0.29, 0.717) is 28.1 Å². The van der Waals surface area contributed by atoms with Crippen molar-refractivity contribution in [3.8, 4) is 0 Å². The van der Waals surface area contributed by atoms with Gasteiger partial charge >= 0.3 is 0 Å². The van der Waals surface area contributed by atoms with Crippen LogP contribution in [0.4, 0.5) is 0 Å². The molecule has 1 saturated heterocycles. The third kappa shape index (κ3) is 29.3. The maximum absolute atomic E-state index is 15.1. The number of halogens is 1. The number of fused-ring (bicyclic) bond motifs is 1. The van der Waals surface area contributed by atoms with Crippen LogP contribution < -0.4 is 75.3 Å². The number of aliphatic hydroxyl groups excluding tert-OH is 1. The van der Waals surface area contributed by atoms with Crippen molar-refractivity contribution in [1.29, 1.82) is 5.41 Å². The summed E-state index contributed by atoms with van der Waals surface area (Å²) in [5, 5.41) is 53.3. The number of nitrogens with two attached hydrogens (primary N) is 2. The molecule has 604 valence electrons. The molecule has 3 aromatic heterocycles. The summed E-state index contributed by atoms with van der Waals surface area (Å²) in [6.07, 6.45) is 6.55. The van der Waals surface area contributed by atoms with E-state index >= 15 is 9.59 Å². The van der Waals surface area contributed by atoms with Crippen molar-refractivity contribution in [3.05, 3.63) is 173 Å². The summed E-state index contributed by atoms with van der Waals surface area (Å²) in [7, 11) is 0. The van der Waals surface area contributed by atoms with Gasteiger partial charge in [-0.3, -0.25) is 82.7 Å². The fourth-order valence-corrected chi connectivity index (χ4v) is 12.7. The largest absolute Gasteiger partial charge is 0.394 e. The zero-order chi connectivity index (χ0) is 81.9. The molecule has 1 aliphatic heterocycles. The number of hydrogen-bond acceptors (Lipinski definition) is 18. The maximum Gasteiger partial charge on any atom is 0.269 e. The number of likely N-dealkylation sites (tertiary alicyclic amines) is 1. The molecule has 0 unspecified atom stereocenters. The summed E-state index contributed by atoms with van der Waals surface area (Å²) in [4.78, 5) is 196. The summed E-state index contributed by atoms with van der Waals surface area (Å²) < 4.78 is 0. The van der Waals surface area contributed by atoms with E-state index < -0.39 is 144 Å². The molecule has 4 heterocycles. The van der Waals surface area contributed by atoms with E-state index in [1.807, 2.05) is 42.5 Å². The van der Waals surface area contributed by atoms with Crippen molar-refractivity contribution in [2.24, 2.45) is 17.4 Å². The highest BCUT2D eigenvalue weighted by molar-refractivity contribution is 6.30. The van der Waals surface area contributed by atoms with Crippen LogP contribution >= 0.6 is 11.6 Å². The molecule has 1 fully saturated rings. The molecule has 0 radical (unpaired) electrons. The summed E-state index contributed by atoms with van der Waals surface area (Å²) >= 11 is 6.26. The molecule has 0 aliphatic carbocycles. The Kier molecular flexibility index (Phi) is 35.4. The van der Waals surface area contributed by atoms with Crippen LogP contribution in [0.15, 0.2) is 140 Å². The molecule has 34 heteroatoms. The number of carbonyl (C=O) groups excluding carboxylic acids is 13. The first-order valence-corrected chi connectivity index (χ1v) is 38.0. The molecule has 3 aromatic carbocycles. The number of nitrogens with one attached hydrogen (secondary N) is 13. The highest BCUT2D eigenvalue weighted by Crippen LogP contribution is 2.22. The Labute approximate surface area is 659 Å². The van der Waals surface area contributed by atoms with Crippen LogP contribution in [-0.2, 0) is 72.0 Å². The fraction of sp³-hybridized carbons (Fsp3) is 0.430. The van der Waals surface area contributed by atoms with E-state index in [2.05, 4.69) is 78.8 Å². The van der Waals surface area contributed by atoms with Gasteiger partial charge < -0.3 is 85.3 Å². The summed E-state index contributed by atoms with van der Waals surface area (Å²) in [5.74, 6) is -10.6. The van der Waals surface area contributed by atoms with Gasteiger partial charge in [0.25, 0.3) is 11.8 Å². The van der Waals surface area contributed by atoms with Crippen LogP contribution in [0.25, 0.3) is 10.8 Å². The number of primary amides is 1. The highest BCUT2D eigenvalue weighted by atomic mass is 35.5. The number of carbonyl (C=O) groups is 13. The average Bonchev–Trinajstić information content (AvgIpc) is 1.75. The number of amides is 13. The molecule has 18 N–H and O–H groups in total. The van der Waals surface area contributed by atoms with Crippen molar-refractivity contribution < 1.29 is 67.4 Å². The number of aromatic nitrogens is 3. The highest BCUT2D eigenvalue weighted by Gasteiger charge is 2.40. The molecule has 113 heavy (non-hydrogen) atoms. The minimum atomic E-state index is -1.85. The quantitative estimate of drug-likeness (QED) is 0.0145. The minimum Gasteiger partial charge on any atom is -0.394 e. The number of nitrogens with zero attached hydrogens (tertiary/aromatic N) is 4. The Morgan fingerprint density at radius 2 is 0.982 bits per heavy atom. The van der Waals surface area contributed by atoms with Gasteiger partial charge in [-0.15, -0.1) is 0 Å². The first-order valence-electron chi connectivity index (χ1n) is 37.6. The number of benzene rings is 3. The molecule has 0 spiro atoms. The Bertz CT molecular complexity index is 4240. The summed E-state index contributed by atoms with van der Waals surface area (Å²) in [6, 6.07) is 18.5. The van der Waals surface area contributed by atoms with Gasteiger partial charge in [-0.05, 0) is 153 Å². The van der Waals surface area contributed by atoms with Crippen LogP contribution in [0.1, 0.15) is 136 Å². The van der Waals surface area contributed by atoms with Gasteiger partial charge in [0.2, 0.25) is 65.0 Å². The topological polar surface area (TPSA) is 504 Å². The lowest BCUT2D eigenvalue weighted by atomic mass is 9.99. The number of hydrogen-bond donors (Lipinski definition) is 16. The smallest absolute Gasteiger partial charge is 0.269 e. The van der Waals surface area contributed by atoms with Gasteiger partial charge in [0.1, 0.15) is 71.8 Å². The Morgan fingerprint density at radius 1 is 0.504 bits per heavy atom. The second-order valence-electron chi connectivity index (χ2n) is 28.0. The van der Waals surface area contributed by atoms with Crippen molar-refractivity contribution in [2.45, 2.75) is 178 Å². The van der Waals surface area contributed by atoms with E-state index in [9.17, 15) is 57.8 Å². The lowest BCUT2D eigenvalue weighted by molar-refractivity contribution is -0.142. The molecule has 0 saturated carbocycles. The zero-order valence-corrected chi connectivity index (χ0v) is 64.4. The molecule has 1 aliphatic rings. The Morgan fingerprint density at radius 3 is 1.51 bits per heavy atom. The van der Waals surface area contributed by atoms with Gasteiger partial charge in [-0.1, -0.05) is 98.2 Å². The molecule has 0 bridgehead atoms. The SMILES string of the molecule is CC(=O)N[C@H](Cc1ccc2ccccc2c1)C(=O)N[C@H](Cc1ccc(Cl)cc1)C(=O)N[C@H](Cc1cccnc1)C(=O)N[C@@H](CO)C(=O)N[C@@H](CCCCNC(=O)c1ccccn1)C(=O)N[C@H](CCCCNC(=O)c1ccccn1)C(=O)N[C@@H](CC(C)C)C(=O)N[C@@H](CCCNC(=N)N)C(=O)N1CCC[C@H]1C(=O)N[C@H](C)C(N)=O. The molecule has 6 aromatic rings. The van der Waals surface area contributed by atoms with Crippen molar-refractivity contribution in [1.82, 2.24) is 83.7 Å². The average molecular weight is 1580 g/mol. The second kappa shape index (κ2) is 45.4. The van der Waals surface area contributed by atoms with E-state index in [0.717, 1.165) is 10.8 Å². The number of pyridine rings is 3. The summed E-state index contributed by atoms with van der Waals surface area (Å²) in [6.45, 7) is 5.50. The molecular formula is C79H102ClN19O14. The Balaban J connectivity index is 1.15. The normalized spacial score (nSPS) is 14.8. The molecular weight excluding hydrogens is 1470 g/mol. The van der Waals surface area contributed by atoms with Crippen LogP contribution in [-0.4, -0.2) is 201 Å². The van der Waals surface area contributed by atoms with Gasteiger partial charge in [0.15, 0.2) is 5.96 Å². The first-order chi connectivity index (χ1) is 54.2. The number of guanidine groups is 1. The first kappa shape index (κ1) is 88.2. The van der Waals surface area contributed by atoms with E-state index in [1.54, 1.807) is 74.5 Å². The maximum atomic E-state index is 15.1. The van der Waals surface area contributed by atoms with E-state index in [-0.39, 0.29) is 133 Å². The van der Waals surface area contributed by atoms with Gasteiger partial charge in [0, 0.05) is 82.2 Å². The number of rotatable bonds is 44.